The Morgan fingerprint density at radius 1 is 1.06 bits per heavy atom. The molecule has 3 N–H and O–H groups in total. The summed E-state index contributed by atoms with van der Waals surface area (Å²) in [6.07, 6.45) is 6.86. The number of nitrogens with two attached hydrogens (primary N) is 1. The zero-order chi connectivity index (χ0) is 24.7. The number of rotatable bonds is 5. The molecular weight excluding hydrogens is 438 g/mol. The van der Waals surface area contributed by atoms with Crippen LogP contribution in [0.2, 0.25) is 0 Å². The number of hydrogen-bond donors (Lipinski definition) is 2. The molecule has 0 unspecified atom stereocenters. The summed E-state index contributed by atoms with van der Waals surface area (Å²) in [4.78, 5) is 24.6. The molecule has 1 aliphatic heterocycles. The van der Waals surface area contributed by atoms with Crippen molar-refractivity contribution in [3.8, 4) is 5.75 Å². The summed E-state index contributed by atoms with van der Waals surface area (Å²) in [6, 6.07) is 10.1. The van der Waals surface area contributed by atoms with E-state index < -0.39 is 0 Å². The number of amides is 1. The number of carbonyl (C=O) groups excluding carboxylic acids is 1. The molecule has 2 aromatic carbocycles. The van der Waals surface area contributed by atoms with E-state index in [0.717, 1.165) is 64.9 Å². The average molecular weight is 472 g/mol. The van der Waals surface area contributed by atoms with E-state index in [4.69, 9.17) is 10.5 Å². The SMILES string of the molecule is COc1ccc(CN2C(=O)c3c(C)cc(Nc4ncnc(N)c4C)c(C)c3C23CCCCC3)cc1. The Balaban J connectivity index is 1.60. The number of nitrogens with zero attached hydrogens (tertiary/aromatic N) is 3. The van der Waals surface area contributed by atoms with Crippen molar-refractivity contribution in [3.05, 3.63) is 70.0 Å². The average Bonchev–Trinajstić information content (AvgIpc) is 3.09. The number of ether oxygens (including phenoxy) is 1. The number of hydrogen-bond acceptors (Lipinski definition) is 6. The molecule has 1 aromatic heterocycles. The maximum atomic E-state index is 14.0. The van der Waals surface area contributed by atoms with Gasteiger partial charge in [-0.15, -0.1) is 0 Å². The number of methoxy groups -OCH3 is 1. The Hall–Kier alpha value is -3.61. The molecule has 7 nitrogen and oxygen atoms in total. The van der Waals surface area contributed by atoms with Gasteiger partial charge in [0.05, 0.1) is 12.6 Å². The lowest BCUT2D eigenvalue weighted by atomic mass is 9.74. The van der Waals surface area contributed by atoms with Crippen molar-refractivity contribution in [2.75, 3.05) is 18.2 Å². The summed E-state index contributed by atoms with van der Waals surface area (Å²) in [5, 5.41) is 3.49. The van der Waals surface area contributed by atoms with E-state index in [1.54, 1.807) is 7.11 Å². The Morgan fingerprint density at radius 2 is 1.77 bits per heavy atom. The molecule has 0 atom stereocenters. The van der Waals surface area contributed by atoms with Crippen LogP contribution in [0.3, 0.4) is 0 Å². The first kappa shape index (κ1) is 23.1. The standard InChI is InChI=1S/C28H33N5O2/c1-17-14-22(32-26-19(3)25(29)30-16-31-26)18(2)24-23(17)27(34)33(28(24)12-6-5-7-13-28)15-20-8-10-21(35-4)11-9-20/h8-11,14,16H,5-7,12-13,15H2,1-4H3,(H3,29,30,31,32). The van der Waals surface area contributed by atoms with Crippen LogP contribution in [-0.4, -0.2) is 27.9 Å². The molecule has 5 rings (SSSR count). The molecule has 1 saturated carbocycles. The Bertz CT molecular complexity index is 1280. The predicted molar refractivity (Wildman–Crippen MR) is 138 cm³/mol. The van der Waals surface area contributed by atoms with Crippen molar-refractivity contribution in [1.82, 2.24) is 14.9 Å². The quantitative estimate of drug-likeness (QED) is 0.507. The van der Waals surface area contributed by atoms with E-state index in [-0.39, 0.29) is 11.4 Å². The van der Waals surface area contributed by atoms with Gasteiger partial charge in [0.1, 0.15) is 23.7 Å². The van der Waals surface area contributed by atoms with E-state index in [0.29, 0.717) is 18.2 Å². The third-order valence-corrected chi connectivity index (χ3v) is 7.78. The van der Waals surface area contributed by atoms with Crippen molar-refractivity contribution in [2.24, 2.45) is 0 Å². The summed E-state index contributed by atoms with van der Waals surface area (Å²) in [5.74, 6) is 2.10. The van der Waals surface area contributed by atoms with Gasteiger partial charge < -0.3 is 20.7 Å². The smallest absolute Gasteiger partial charge is 0.255 e. The first-order chi connectivity index (χ1) is 16.9. The first-order valence-corrected chi connectivity index (χ1v) is 12.3. The molecule has 7 heteroatoms. The van der Waals surface area contributed by atoms with Crippen molar-refractivity contribution in [3.63, 3.8) is 0 Å². The second kappa shape index (κ2) is 8.87. The highest BCUT2D eigenvalue weighted by Crippen LogP contribution is 2.52. The molecule has 35 heavy (non-hydrogen) atoms. The normalized spacial score (nSPS) is 16.5. The zero-order valence-corrected chi connectivity index (χ0v) is 20.9. The maximum Gasteiger partial charge on any atom is 0.255 e. The van der Waals surface area contributed by atoms with Gasteiger partial charge in [0.15, 0.2) is 0 Å². The van der Waals surface area contributed by atoms with E-state index >= 15 is 0 Å². The number of anilines is 3. The van der Waals surface area contributed by atoms with Gasteiger partial charge in [-0.3, -0.25) is 4.79 Å². The lowest BCUT2D eigenvalue weighted by molar-refractivity contribution is 0.0385. The van der Waals surface area contributed by atoms with Gasteiger partial charge in [-0.1, -0.05) is 31.4 Å². The van der Waals surface area contributed by atoms with Gasteiger partial charge in [0.2, 0.25) is 0 Å². The van der Waals surface area contributed by atoms with Gasteiger partial charge in [0.25, 0.3) is 5.91 Å². The van der Waals surface area contributed by atoms with E-state index in [9.17, 15) is 4.79 Å². The molecule has 1 spiro atoms. The summed E-state index contributed by atoms with van der Waals surface area (Å²) >= 11 is 0. The number of benzene rings is 2. The van der Waals surface area contributed by atoms with Crippen LogP contribution in [0, 0.1) is 20.8 Å². The van der Waals surface area contributed by atoms with Gasteiger partial charge in [-0.2, -0.15) is 0 Å². The largest absolute Gasteiger partial charge is 0.497 e. The third-order valence-electron chi connectivity index (χ3n) is 7.78. The summed E-state index contributed by atoms with van der Waals surface area (Å²) in [7, 11) is 1.67. The molecule has 1 fully saturated rings. The molecule has 0 radical (unpaired) electrons. The summed E-state index contributed by atoms with van der Waals surface area (Å²) in [5.41, 5.74) is 12.7. The third kappa shape index (κ3) is 3.79. The first-order valence-electron chi connectivity index (χ1n) is 12.3. The van der Waals surface area contributed by atoms with E-state index in [2.05, 4.69) is 45.3 Å². The Labute approximate surface area is 206 Å². The van der Waals surface area contributed by atoms with Crippen LogP contribution < -0.4 is 15.8 Å². The number of aromatic nitrogens is 2. The Morgan fingerprint density at radius 3 is 2.46 bits per heavy atom. The highest BCUT2D eigenvalue weighted by molar-refractivity contribution is 6.03. The van der Waals surface area contributed by atoms with Crippen molar-refractivity contribution in [1.29, 1.82) is 0 Å². The van der Waals surface area contributed by atoms with Crippen LogP contribution >= 0.6 is 0 Å². The predicted octanol–water partition coefficient (Wildman–Crippen LogP) is 5.55. The Kier molecular flexibility index (Phi) is 5.87. The molecule has 182 valence electrons. The van der Waals surface area contributed by atoms with Crippen molar-refractivity contribution < 1.29 is 9.53 Å². The topological polar surface area (TPSA) is 93.4 Å². The van der Waals surface area contributed by atoms with Crippen molar-refractivity contribution >= 4 is 23.2 Å². The van der Waals surface area contributed by atoms with E-state index in [1.165, 1.54) is 18.3 Å². The number of nitrogens with one attached hydrogen (secondary N) is 1. The fourth-order valence-corrected chi connectivity index (χ4v) is 5.88. The number of nitrogen functional groups attached to an aromatic ring is 1. The van der Waals surface area contributed by atoms with Gasteiger partial charge in [-0.25, -0.2) is 9.97 Å². The molecule has 2 heterocycles. The van der Waals surface area contributed by atoms with Crippen LogP contribution in [0.4, 0.5) is 17.3 Å². The second-order valence-electron chi connectivity index (χ2n) is 9.81. The number of aryl methyl sites for hydroxylation is 1. The van der Waals surface area contributed by atoms with Crippen LogP contribution in [0.15, 0.2) is 36.7 Å². The van der Waals surface area contributed by atoms with Gasteiger partial charge >= 0.3 is 0 Å². The highest BCUT2D eigenvalue weighted by atomic mass is 16.5. The maximum absolute atomic E-state index is 14.0. The fourth-order valence-electron chi connectivity index (χ4n) is 5.88. The second-order valence-corrected chi connectivity index (χ2v) is 9.81. The molecule has 3 aromatic rings. The lowest BCUT2D eigenvalue weighted by Gasteiger charge is -2.43. The van der Waals surface area contributed by atoms with E-state index in [1.807, 2.05) is 26.0 Å². The van der Waals surface area contributed by atoms with Crippen molar-refractivity contribution in [2.45, 2.75) is 65.0 Å². The minimum Gasteiger partial charge on any atom is -0.497 e. The summed E-state index contributed by atoms with van der Waals surface area (Å²) in [6.45, 7) is 6.66. The lowest BCUT2D eigenvalue weighted by Crippen LogP contribution is -2.45. The van der Waals surface area contributed by atoms with Crippen LogP contribution in [0.1, 0.15) is 70.3 Å². The number of fused-ring (bicyclic) bond motifs is 2. The van der Waals surface area contributed by atoms with Crippen LogP contribution in [-0.2, 0) is 12.1 Å². The van der Waals surface area contributed by atoms with Gasteiger partial charge in [-0.05, 0) is 74.1 Å². The minimum atomic E-state index is -0.295. The minimum absolute atomic E-state index is 0.132. The van der Waals surface area contributed by atoms with Crippen LogP contribution in [0.5, 0.6) is 5.75 Å². The highest BCUT2D eigenvalue weighted by Gasteiger charge is 2.51. The molecule has 1 aliphatic carbocycles. The molecule has 1 amide bonds. The van der Waals surface area contributed by atoms with Crippen LogP contribution in [0.25, 0.3) is 0 Å². The van der Waals surface area contributed by atoms with Gasteiger partial charge in [0, 0.05) is 23.4 Å². The molecular formula is C28H33N5O2. The fraction of sp³-hybridized carbons (Fsp3) is 0.393. The molecule has 0 saturated heterocycles. The monoisotopic (exact) mass is 471 g/mol. The summed E-state index contributed by atoms with van der Waals surface area (Å²) < 4.78 is 5.33. The molecule has 0 bridgehead atoms. The molecule has 2 aliphatic rings. The number of carbonyl (C=O) groups is 1. The zero-order valence-electron chi connectivity index (χ0n) is 20.9.